The van der Waals surface area contributed by atoms with Gasteiger partial charge in [-0.2, -0.15) is 0 Å². The summed E-state index contributed by atoms with van der Waals surface area (Å²) >= 11 is 3.44. The molecular weight excluding hydrogens is 308 g/mol. The average Bonchev–Trinajstić information content (AvgIpc) is 2.33. The average molecular weight is 327 g/mol. The molecule has 0 bridgehead atoms. The van der Waals surface area contributed by atoms with E-state index in [1.165, 1.54) is 11.1 Å². The number of piperidine rings is 1. The number of hydrogen-bond donors (Lipinski definition) is 2. The van der Waals surface area contributed by atoms with E-state index in [4.69, 9.17) is 5.73 Å². The van der Waals surface area contributed by atoms with Crippen molar-refractivity contribution in [1.82, 2.24) is 4.90 Å². The van der Waals surface area contributed by atoms with Crippen LogP contribution in [0.1, 0.15) is 24.0 Å². The Labute approximate surface area is 121 Å². The van der Waals surface area contributed by atoms with E-state index in [1.807, 2.05) is 6.07 Å². The Balaban J connectivity index is 2.09. The Hall–Kier alpha value is -0.910. The maximum absolute atomic E-state index is 11.3. The number of primary amides is 1. The summed E-state index contributed by atoms with van der Waals surface area (Å²) in [5.74, 6) is -0.621. The summed E-state index contributed by atoms with van der Waals surface area (Å²) in [5.41, 5.74) is 6.31. The van der Waals surface area contributed by atoms with Crippen LogP contribution in [0.4, 0.5) is 0 Å². The molecule has 1 fully saturated rings. The molecule has 5 heteroatoms. The van der Waals surface area contributed by atoms with Gasteiger partial charge in [-0.05, 0) is 49.6 Å². The number of nitrogens with zero attached hydrogens (tertiary/aromatic N) is 1. The lowest BCUT2D eigenvalue weighted by molar-refractivity contribution is -0.142. The summed E-state index contributed by atoms with van der Waals surface area (Å²) in [5, 5.41) is 10.2. The lowest BCUT2D eigenvalue weighted by Gasteiger charge is -2.37. The van der Waals surface area contributed by atoms with E-state index in [-0.39, 0.29) is 0 Å². The molecular formula is C14H19BrN2O2. The van der Waals surface area contributed by atoms with Crippen molar-refractivity contribution >= 4 is 21.8 Å². The smallest absolute Gasteiger partial charge is 0.250 e. The van der Waals surface area contributed by atoms with Gasteiger partial charge in [0.15, 0.2) is 5.60 Å². The number of carbonyl (C=O) groups is 1. The summed E-state index contributed by atoms with van der Waals surface area (Å²) in [6.45, 7) is 3.99. The van der Waals surface area contributed by atoms with Gasteiger partial charge in [-0.1, -0.05) is 22.0 Å². The van der Waals surface area contributed by atoms with Crippen molar-refractivity contribution in [2.24, 2.45) is 5.73 Å². The Morgan fingerprint density at radius 2 is 2.32 bits per heavy atom. The first-order valence-corrected chi connectivity index (χ1v) is 7.20. The predicted molar refractivity (Wildman–Crippen MR) is 77.5 cm³/mol. The fourth-order valence-electron chi connectivity index (χ4n) is 2.54. The maximum Gasteiger partial charge on any atom is 0.250 e. The van der Waals surface area contributed by atoms with Crippen molar-refractivity contribution in [3.05, 3.63) is 33.8 Å². The molecule has 1 aliphatic heterocycles. The molecule has 19 heavy (non-hydrogen) atoms. The van der Waals surface area contributed by atoms with Gasteiger partial charge in [0.2, 0.25) is 0 Å². The van der Waals surface area contributed by atoms with Crippen LogP contribution >= 0.6 is 15.9 Å². The Morgan fingerprint density at radius 3 is 2.95 bits per heavy atom. The van der Waals surface area contributed by atoms with Crippen molar-refractivity contribution in [2.45, 2.75) is 31.9 Å². The number of hydrogen-bond acceptors (Lipinski definition) is 3. The molecule has 0 aliphatic carbocycles. The van der Waals surface area contributed by atoms with Gasteiger partial charge in [-0.15, -0.1) is 0 Å². The minimum atomic E-state index is -1.37. The van der Waals surface area contributed by atoms with Crippen molar-refractivity contribution in [3.63, 3.8) is 0 Å². The van der Waals surface area contributed by atoms with Gasteiger partial charge in [0.25, 0.3) is 5.91 Å². The lowest BCUT2D eigenvalue weighted by atomic mass is 9.91. The molecule has 1 aromatic carbocycles. The number of aryl methyl sites for hydroxylation is 1. The minimum Gasteiger partial charge on any atom is -0.379 e. The summed E-state index contributed by atoms with van der Waals surface area (Å²) < 4.78 is 1.06. The van der Waals surface area contributed by atoms with Crippen molar-refractivity contribution in [1.29, 1.82) is 0 Å². The first-order valence-electron chi connectivity index (χ1n) is 6.40. The highest BCUT2D eigenvalue weighted by Gasteiger charge is 2.38. The molecule has 1 aliphatic rings. The highest BCUT2D eigenvalue weighted by atomic mass is 79.9. The van der Waals surface area contributed by atoms with E-state index in [1.54, 1.807) is 0 Å². The van der Waals surface area contributed by atoms with Gasteiger partial charge in [-0.25, -0.2) is 0 Å². The standard InChI is InChI=1S/C14H19BrN2O2/c1-10-7-12(15)4-3-11(10)8-17-6-2-5-14(19,9-17)13(16)18/h3-4,7,19H,2,5-6,8-9H2,1H3,(H2,16,18)/t14-/m1/s1. The van der Waals surface area contributed by atoms with Crippen molar-refractivity contribution < 1.29 is 9.90 Å². The van der Waals surface area contributed by atoms with Gasteiger partial charge in [0.1, 0.15) is 0 Å². The van der Waals surface area contributed by atoms with E-state index in [9.17, 15) is 9.90 Å². The molecule has 1 heterocycles. The Kier molecular flexibility index (Phi) is 4.28. The molecule has 0 saturated carbocycles. The number of benzene rings is 1. The van der Waals surface area contributed by atoms with E-state index in [0.29, 0.717) is 13.0 Å². The van der Waals surface area contributed by atoms with Crippen LogP contribution in [-0.2, 0) is 11.3 Å². The zero-order valence-electron chi connectivity index (χ0n) is 11.0. The molecule has 1 saturated heterocycles. The molecule has 0 unspecified atom stereocenters. The number of nitrogens with two attached hydrogens (primary N) is 1. The fraction of sp³-hybridized carbons (Fsp3) is 0.500. The first kappa shape index (κ1) is 14.5. The van der Waals surface area contributed by atoms with Gasteiger partial charge in [0, 0.05) is 17.6 Å². The SMILES string of the molecule is Cc1cc(Br)ccc1CN1CCC[C@](O)(C(N)=O)C1. The Morgan fingerprint density at radius 1 is 1.58 bits per heavy atom. The zero-order valence-corrected chi connectivity index (χ0v) is 12.6. The molecule has 1 amide bonds. The molecule has 0 radical (unpaired) electrons. The van der Waals surface area contributed by atoms with Crippen LogP contribution < -0.4 is 5.73 Å². The second kappa shape index (κ2) is 5.61. The monoisotopic (exact) mass is 326 g/mol. The van der Waals surface area contributed by atoms with Gasteiger partial charge in [-0.3, -0.25) is 9.69 Å². The van der Waals surface area contributed by atoms with Gasteiger partial charge >= 0.3 is 0 Å². The van der Waals surface area contributed by atoms with Crippen molar-refractivity contribution in [3.8, 4) is 0 Å². The molecule has 1 aromatic rings. The van der Waals surface area contributed by atoms with E-state index < -0.39 is 11.5 Å². The third-order valence-electron chi connectivity index (χ3n) is 3.71. The minimum absolute atomic E-state index is 0.317. The zero-order chi connectivity index (χ0) is 14.0. The van der Waals surface area contributed by atoms with E-state index in [0.717, 1.165) is 24.0 Å². The van der Waals surface area contributed by atoms with Crippen molar-refractivity contribution in [2.75, 3.05) is 13.1 Å². The number of halogens is 1. The van der Waals surface area contributed by atoms with Crippen LogP contribution in [0.25, 0.3) is 0 Å². The summed E-state index contributed by atoms with van der Waals surface area (Å²) in [6.07, 6.45) is 1.24. The maximum atomic E-state index is 11.3. The molecule has 104 valence electrons. The number of carbonyl (C=O) groups excluding carboxylic acids is 1. The quantitative estimate of drug-likeness (QED) is 0.886. The lowest BCUT2D eigenvalue weighted by Crippen LogP contribution is -2.55. The van der Waals surface area contributed by atoms with Crippen LogP contribution in [0.3, 0.4) is 0 Å². The normalized spacial score (nSPS) is 24.4. The summed E-state index contributed by atoms with van der Waals surface area (Å²) in [6, 6.07) is 6.14. The predicted octanol–water partition coefficient (Wildman–Crippen LogP) is 1.57. The number of likely N-dealkylation sites (tertiary alicyclic amines) is 1. The molecule has 3 N–H and O–H groups in total. The van der Waals surface area contributed by atoms with Crippen LogP contribution in [0.15, 0.2) is 22.7 Å². The van der Waals surface area contributed by atoms with Gasteiger partial charge < -0.3 is 10.8 Å². The van der Waals surface area contributed by atoms with Crippen LogP contribution in [0.5, 0.6) is 0 Å². The molecule has 0 spiro atoms. The molecule has 1 atom stereocenters. The third-order valence-corrected chi connectivity index (χ3v) is 4.20. The highest BCUT2D eigenvalue weighted by Crippen LogP contribution is 2.24. The largest absolute Gasteiger partial charge is 0.379 e. The number of amides is 1. The van der Waals surface area contributed by atoms with E-state index in [2.05, 4.69) is 39.9 Å². The van der Waals surface area contributed by atoms with Gasteiger partial charge in [0.05, 0.1) is 0 Å². The van der Waals surface area contributed by atoms with Crippen LogP contribution in [0.2, 0.25) is 0 Å². The summed E-state index contributed by atoms with van der Waals surface area (Å²) in [7, 11) is 0. The third kappa shape index (κ3) is 3.35. The van der Waals surface area contributed by atoms with Crippen LogP contribution in [0, 0.1) is 6.92 Å². The Bertz CT molecular complexity index is 492. The number of aliphatic hydroxyl groups is 1. The number of β-amino-alcohol motifs (C(OH)–C–C–N with tert-alkyl or cyclic N) is 1. The fourth-order valence-corrected chi connectivity index (χ4v) is 3.01. The van der Waals surface area contributed by atoms with E-state index >= 15 is 0 Å². The highest BCUT2D eigenvalue weighted by molar-refractivity contribution is 9.10. The molecule has 2 rings (SSSR count). The second-order valence-electron chi connectivity index (χ2n) is 5.28. The molecule has 0 aromatic heterocycles. The topological polar surface area (TPSA) is 66.6 Å². The first-order chi connectivity index (χ1) is 8.90. The van der Waals surface area contributed by atoms with Crippen LogP contribution in [-0.4, -0.2) is 34.6 Å². The second-order valence-corrected chi connectivity index (χ2v) is 6.20. The number of rotatable bonds is 3. The summed E-state index contributed by atoms with van der Waals surface area (Å²) in [4.78, 5) is 13.4. The molecule has 4 nitrogen and oxygen atoms in total.